The molecule has 2 aliphatic rings. The third kappa shape index (κ3) is 3.19. The second-order valence-electron chi connectivity index (χ2n) is 9.51. The van der Waals surface area contributed by atoms with Crippen molar-refractivity contribution in [2.45, 2.75) is 77.7 Å². The number of likely N-dealkylation sites (N-methyl/N-ethyl adjacent to an activating group) is 1. The molecule has 1 aromatic rings. The molecular formula is C23H35NO2. The van der Waals surface area contributed by atoms with Crippen LogP contribution in [0, 0.1) is 11.3 Å². The summed E-state index contributed by atoms with van der Waals surface area (Å²) < 4.78 is 0. The molecule has 3 atom stereocenters. The number of nitrogens with zero attached hydrogens (tertiary/aromatic N) is 1. The second-order valence-corrected chi connectivity index (χ2v) is 9.51. The molecule has 1 aliphatic carbocycles. The Morgan fingerprint density at radius 2 is 2.04 bits per heavy atom. The van der Waals surface area contributed by atoms with Crippen LogP contribution in [0.1, 0.15) is 70.9 Å². The summed E-state index contributed by atoms with van der Waals surface area (Å²) in [6, 6.07) is 6.35. The molecule has 3 heteroatoms. The molecule has 0 aromatic heterocycles. The Labute approximate surface area is 158 Å². The van der Waals surface area contributed by atoms with E-state index in [1.54, 1.807) is 0 Å². The van der Waals surface area contributed by atoms with Crippen molar-refractivity contribution in [3.05, 3.63) is 29.3 Å². The van der Waals surface area contributed by atoms with E-state index in [1.165, 1.54) is 11.1 Å². The summed E-state index contributed by atoms with van der Waals surface area (Å²) in [6.07, 6.45) is 5.41. The minimum atomic E-state index is 0.00876. The molecule has 26 heavy (non-hydrogen) atoms. The van der Waals surface area contributed by atoms with E-state index < -0.39 is 0 Å². The number of hydrogen-bond donors (Lipinski definition) is 1. The Bertz CT molecular complexity index is 683. The summed E-state index contributed by atoms with van der Waals surface area (Å²) in [5.74, 6) is 1.35. The van der Waals surface area contributed by atoms with E-state index in [-0.39, 0.29) is 10.8 Å². The largest absolute Gasteiger partial charge is 0.508 e. The molecule has 144 valence electrons. The molecule has 3 rings (SSSR count). The average Bonchev–Trinajstić information content (AvgIpc) is 2.59. The third-order valence-electron chi connectivity index (χ3n) is 7.52. The first-order valence-corrected chi connectivity index (χ1v) is 10.2. The first-order chi connectivity index (χ1) is 12.2. The zero-order chi connectivity index (χ0) is 19.1. The van der Waals surface area contributed by atoms with E-state index in [4.69, 9.17) is 0 Å². The second kappa shape index (κ2) is 6.99. The van der Waals surface area contributed by atoms with Gasteiger partial charge in [0.2, 0.25) is 0 Å². The molecular weight excluding hydrogens is 322 g/mol. The Kier molecular flexibility index (Phi) is 5.22. The van der Waals surface area contributed by atoms with Crippen LogP contribution in [0.15, 0.2) is 18.2 Å². The Morgan fingerprint density at radius 3 is 2.73 bits per heavy atom. The number of aromatic hydroxyl groups is 1. The lowest BCUT2D eigenvalue weighted by molar-refractivity contribution is -0.121. The number of likely N-dealkylation sites (tertiary alicyclic amines) is 1. The molecule has 1 aliphatic heterocycles. The van der Waals surface area contributed by atoms with Gasteiger partial charge >= 0.3 is 0 Å². The van der Waals surface area contributed by atoms with Crippen LogP contribution in [-0.4, -0.2) is 35.4 Å². The molecule has 0 radical (unpaired) electrons. The van der Waals surface area contributed by atoms with Crippen molar-refractivity contribution in [3.63, 3.8) is 0 Å². The molecule has 3 nitrogen and oxygen atoms in total. The monoisotopic (exact) mass is 357 g/mol. The van der Waals surface area contributed by atoms with Gasteiger partial charge in [0.25, 0.3) is 0 Å². The quantitative estimate of drug-likeness (QED) is 0.802. The van der Waals surface area contributed by atoms with Crippen LogP contribution >= 0.6 is 0 Å². The zero-order valence-corrected chi connectivity index (χ0v) is 17.1. The minimum Gasteiger partial charge on any atom is -0.508 e. The third-order valence-corrected chi connectivity index (χ3v) is 7.52. The van der Waals surface area contributed by atoms with Crippen LogP contribution in [0.3, 0.4) is 0 Å². The van der Waals surface area contributed by atoms with Crippen molar-refractivity contribution in [2.75, 3.05) is 13.6 Å². The maximum atomic E-state index is 12.5. The van der Waals surface area contributed by atoms with E-state index in [9.17, 15) is 9.90 Å². The standard InChI is InChI=1S/C23H35NO2/c1-16(2)6-8-18(25)10-11-23(4)21-14-17-7-9-19(26)15-20(17)22(23,3)12-13-24(21)5/h7,9,15-16,21,26H,6,8,10-14H2,1-5H3. The number of Topliss-reactive ketones (excluding diaryl/α,β-unsaturated/α-hetero) is 1. The van der Waals surface area contributed by atoms with Crippen LogP contribution < -0.4 is 0 Å². The van der Waals surface area contributed by atoms with Crippen molar-refractivity contribution >= 4 is 5.78 Å². The average molecular weight is 358 g/mol. The highest BCUT2D eigenvalue weighted by Crippen LogP contribution is 2.58. The van der Waals surface area contributed by atoms with Gasteiger partial charge in [-0.3, -0.25) is 4.79 Å². The molecule has 1 saturated heterocycles. The maximum Gasteiger partial charge on any atom is 0.132 e. The smallest absolute Gasteiger partial charge is 0.132 e. The SMILES string of the molecule is CC(C)CCC(=O)CCC1(C)C2Cc3ccc(O)cc3C1(C)CCN2C. The predicted octanol–water partition coefficient (Wildman–Crippen LogP) is 4.70. The highest BCUT2D eigenvalue weighted by Gasteiger charge is 2.57. The molecule has 0 saturated carbocycles. The minimum absolute atomic E-state index is 0.00876. The van der Waals surface area contributed by atoms with Gasteiger partial charge < -0.3 is 10.0 Å². The van der Waals surface area contributed by atoms with E-state index in [1.807, 2.05) is 12.1 Å². The van der Waals surface area contributed by atoms with Crippen molar-refractivity contribution in [1.82, 2.24) is 4.90 Å². The zero-order valence-electron chi connectivity index (χ0n) is 17.1. The van der Waals surface area contributed by atoms with Gasteiger partial charge in [-0.05, 0) is 73.9 Å². The highest BCUT2D eigenvalue weighted by atomic mass is 16.3. The fourth-order valence-corrected chi connectivity index (χ4v) is 5.40. The summed E-state index contributed by atoms with van der Waals surface area (Å²) in [5, 5.41) is 10.1. The summed E-state index contributed by atoms with van der Waals surface area (Å²) in [7, 11) is 2.23. The highest BCUT2D eigenvalue weighted by molar-refractivity contribution is 5.78. The van der Waals surface area contributed by atoms with Crippen molar-refractivity contribution in [1.29, 1.82) is 0 Å². The topological polar surface area (TPSA) is 40.5 Å². The van der Waals surface area contributed by atoms with Gasteiger partial charge in [-0.2, -0.15) is 0 Å². The molecule has 1 aromatic carbocycles. The number of carbonyl (C=O) groups is 1. The van der Waals surface area contributed by atoms with Crippen LogP contribution in [0.4, 0.5) is 0 Å². The predicted molar refractivity (Wildman–Crippen MR) is 107 cm³/mol. The lowest BCUT2D eigenvalue weighted by atomic mass is 9.49. The first kappa shape index (κ1) is 19.4. The molecule has 0 amide bonds. The lowest BCUT2D eigenvalue weighted by Gasteiger charge is -2.62. The number of hydrogen-bond acceptors (Lipinski definition) is 3. The normalized spacial score (nSPS) is 31.1. The van der Waals surface area contributed by atoms with E-state index >= 15 is 0 Å². The number of fused-ring (bicyclic) bond motifs is 4. The van der Waals surface area contributed by atoms with Gasteiger partial charge in [0.05, 0.1) is 0 Å². The van der Waals surface area contributed by atoms with Crippen LogP contribution in [0.5, 0.6) is 5.75 Å². The molecule has 1 heterocycles. The maximum absolute atomic E-state index is 12.5. The number of rotatable bonds is 6. The summed E-state index contributed by atoms with van der Waals surface area (Å²) in [6.45, 7) is 10.2. The molecule has 1 N–H and O–H groups in total. The molecule has 3 unspecified atom stereocenters. The number of phenolic OH excluding ortho intramolecular Hbond substituents is 1. The summed E-state index contributed by atoms with van der Waals surface area (Å²) in [4.78, 5) is 15.0. The lowest BCUT2D eigenvalue weighted by Crippen LogP contribution is -2.64. The molecule has 2 bridgehead atoms. The first-order valence-electron chi connectivity index (χ1n) is 10.2. The van der Waals surface area contributed by atoms with Gasteiger partial charge in [0.1, 0.15) is 11.5 Å². The molecule has 1 fully saturated rings. The van der Waals surface area contributed by atoms with Crippen LogP contribution in [-0.2, 0) is 16.6 Å². The van der Waals surface area contributed by atoms with Gasteiger partial charge in [-0.1, -0.05) is 33.8 Å². The van der Waals surface area contributed by atoms with Gasteiger partial charge in [-0.25, -0.2) is 0 Å². The summed E-state index contributed by atoms with van der Waals surface area (Å²) in [5.41, 5.74) is 2.73. The van der Waals surface area contributed by atoms with Crippen LogP contribution in [0.25, 0.3) is 0 Å². The Balaban J connectivity index is 1.88. The number of phenols is 1. The van der Waals surface area contributed by atoms with Crippen LogP contribution in [0.2, 0.25) is 0 Å². The van der Waals surface area contributed by atoms with Crippen molar-refractivity contribution in [2.24, 2.45) is 11.3 Å². The number of carbonyl (C=O) groups excluding carboxylic acids is 1. The Morgan fingerprint density at radius 1 is 1.31 bits per heavy atom. The van der Waals surface area contributed by atoms with Crippen molar-refractivity contribution < 1.29 is 9.90 Å². The Hall–Kier alpha value is -1.35. The summed E-state index contributed by atoms with van der Waals surface area (Å²) >= 11 is 0. The van der Waals surface area contributed by atoms with E-state index in [0.717, 1.165) is 32.2 Å². The van der Waals surface area contributed by atoms with Gasteiger partial charge in [0.15, 0.2) is 0 Å². The van der Waals surface area contributed by atoms with Crippen molar-refractivity contribution in [3.8, 4) is 5.75 Å². The fourth-order valence-electron chi connectivity index (χ4n) is 5.40. The van der Waals surface area contributed by atoms with E-state index in [2.05, 4.69) is 45.7 Å². The number of benzene rings is 1. The molecule has 0 spiro atoms. The van der Waals surface area contributed by atoms with E-state index in [0.29, 0.717) is 36.3 Å². The number of piperidine rings is 1. The van der Waals surface area contributed by atoms with Gasteiger partial charge in [-0.15, -0.1) is 0 Å². The van der Waals surface area contributed by atoms with Gasteiger partial charge in [0, 0.05) is 24.3 Å². The fraction of sp³-hybridized carbons (Fsp3) is 0.696. The number of ketones is 1.